The number of ether oxygens (including phenoxy) is 4. The number of halogens is 1. The Balaban J connectivity index is 1.39. The summed E-state index contributed by atoms with van der Waals surface area (Å²) in [7, 11) is -1.36. The quantitative estimate of drug-likeness (QED) is 0.268. The summed E-state index contributed by atoms with van der Waals surface area (Å²) in [5.74, 6) is -2.74. The minimum atomic E-state index is -4.41. The predicted octanol–water partition coefficient (Wildman–Crippen LogP) is 4.47. The number of carbonyl (C=O) groups is 4. The van der Waals surface area contributed by atoms with Crippen LogP contribution in [0, 0.1) is 17.8 Å². The van der Waals surface area contributed by atoms with Gasteiger partial charge < -0.3 is 34.5 Å². The van der Waals surface area contributed by atoms with E-state index >= 15 is 4.79 Å². The standard InChI is InChI=1S/C42H59FN6O10S/c1-24(2)33-36(45-31-18-28(57-8)13-14-30(31)44-33)58-29-19-32-35(50)47-42(38(52)48-60(54,55)41(23-43)15-16-41)20-27(42)12-10-9-11-25(3)17-26(22-56-7)34(37(51)49(32)21-29)46-39(53)59-40(4,5)6/h10,12-14,18,24-27,29,32,34H,9,11,15-17,19-23H2,1-8H3,(H,46,53)(H,47,50)(H,48,52)/b12-10-/t25-,26-,27-,29+,32-,34-,42-/m0/s1. The van der Waals surface area contributed by atoms with Crippen molar-refractivity contribution in [1.29, 1.82) is 0 Å². The van der Waals surface area contributed by atoms with Gasteiger partial charge in [0, 0.05) is 37.4 Å². The summed E-state index contributed by atoms with van der Waals surface area (Å²) in [6, 6.07) is 2.84. The molecule has 4 aliphatic rings. The molecule has 0 unspecified atom stereocenters. The lowest BCUT2D eigenvalue weighted by molar-refractivity contribution is -0.142. The first-order valence-electron chi connectivity index (χ1n) is 20.7. The van der Waals surface area contributed by atoms with Crippen LogP contribution in [0.15, 0.2) is 30.4 Å². The van der Waals surface area contributed by atoms with Gasteiger partial charge in [-0.1, -0.05) is 32.9 Å². The Morgan fingerprint density at radius 1 is 1.10 bits per heavy atom. The number of fused-ring (bicyclic) bond motifs is 3. The molecule has 4 amide bonds. The van der Waals surface area contributed by atoms with E-state index in [9.17, 15) is 27.2 Å². The highest BCUT2D eigenvalue weighted by molar-refractivity contribution is 7.91. The van der Waals surface area contributed by atoms with Gasteiger partial charge >= 0.3 is 6.09 Å². The summed E-state index contributed by atoms with van der Waals surface area (Å²) < 4.78 is 64.1. The number of rotatable bonds is 11. The highest BCUT2D eigenvalue weighted by atomic mass is 32.2. The number of hydrogen-bond donors (Lipinski definition) is 3. The Morgan fingerprint density at radius 2 is 1.83 bits per heavy atom. The Labute approximate surface area is 351 Å². The van der Waals surface area contributed by atoms with Crippen LogP contribution < -0.4 is 24.8 Å². The monoisotopic (exact) mass is 858 g/mol. The molecule has 0 radical (unpaired) electrons. The maximum Gasteiger partial charge on any atom is 0.408 e. The number of aromatic nitrogens is 2. The van der Waals surface area contributed by atoms with Crippen LogP contribution in [0.4, 0.5) is 9.18 Å². The number of methoxy groups -OCH3 is 2. The number of hydrogen-bond acceptors (Lipinski definition) is 12. The third kappa shape index (κ3) is 9.64. The molecule has 0 bridgehead atoms. The van der Waals surface area contributed by atoms with Gasteiger partial charge in [0.15, 0.2) is 0 Å². The van der Waals surface area contributed by atoms with Crippen LogP contribution in [0.3, 0.4) is 0 Å². The molecule has 1 aromatic carbocycles. The number of nitrogens with one attached hydrogen (secondary N) is 3. The zero-order chi connectivity index (χ0) is 43.8. The molecule has 1 aromatic heterocycles. The highest BCUT2D eigenvalue weighted by Crippen LogP contribution is 2.48. The molecule has 3 N–H and O–H groups in total. The summed E-state index contributed by atoms with van der Waals surface area (Å²) in [5, 5.41) is 5.63. The molecule has 0 spiro atoms. The second-order valence-corrected chi connectivity index (χ2v) is 20.2. The molecular weight excluding hydrogens is 800 g/mol. The van der Waals surface area contributed by atoms with Gasteiger partial charge in [0.1, 0.15) is 52.2 Å². The molecule has 18 heteroatoms. The van der Waals surface area contributed by atoms with E-state index < -0.39 is 86.4 Å². The van der Waals surface area contributed by atoms with E-state index in [-0.39, 0.29) is 56.6 Å². The van der Waals surface area contributed by atoms with E-state index in [1.54, 1.807) is 52.2 Å². The third-order valence-electron chi connectivity index (χ3n) is 11.8. The van der Waals surface area contributed by atoms with Crippen LogP contribution in [0.25, 0.3) is 11.0 Å². The molecule has 16 nitrogen and oxygen atoms in total. The predicted molar refractivity (Wildman–Crippen MR) is 219 cm³/mol. The van der Waals surface area contributed by atoms with Gasteiger partial charge in [0.2, 0.25) is 27.7 Å². The van der Waals surface area contributed by atoms with Gasteiger partial charge in [-0.15, -0.1) is 0 Å². The smallest absolute Gasteiger partial charge is 0.408 e. The minimum Gasteiger partial charge on any atom is -0.497 e. The maximum atomic E-state index is 15.1. The van der Waals surface area contributed by atoms with E-state index in [1.807, 2.05) is 26.8 Å². The Bertz CT molecular complexity index is 2110. The highest BCUT2D eigenvalue weighted by Gasteiger charge is 2.64. The first-order valence-corrected chi connectivity index (χ1v) is 22.2. The van der Waals surface area contributed by atoms with E-state index in [4.69, 9.17) is 28.9 Å². The molecule has 7 atom stereocenters. The van der Waals surface area contributed by atoms with Gasteiger partial charge in [0.25, 0.3) is 5.91 Å². The average molecular weight is 859 g/mol. The zero-order valence-corrected chi connectivity index (χ0v) is 36.5. The van der Waals surface area contributed by atoms with Crippen molar-refractivity contribution in [3.8, 4) is 11.6 Å². The van der Waals surface area contributed by atoms with Crippen molar-refractivity contribution in [2.45, 2.75) is 126 Å². The van der Waals surface area contributed by atoms with Crippen LogP contribution in [-0.4, -0.2) is 115 Å². The van der Waals surface area contributed by atoms with Gasteiger partial charge in [-0.3, -0.25) is 19.1 Å². The molecule has 330 valence electrons. The van der Waals surface area contributed by atoms with Gasteiger partial charge in [-0.05, 0) is 77.3 Å². The zero-order valence-electron chi connectivity index (χ0n) is 35.7. The SMILES string of the molecule is COC[C@@H]1C[C@@H](C)CC/C=C\[C@H]2C[C@]2(C(=O)NS(=O)(=O)C2(CF)CC2)NC(=O)[C@@H]2C[C@@H](Oc3nc4cc(OC)ccc4nc3C(C)C)CN2C(=O)[C@H]1NC(=O)OC(C)(C)C. The topological polar surface area (TPSA) is 204 Å². The summed E-state index contributed by atoms with van der Waals surface area (Å²) in [5.41, 5.74) is -0.896. The van der Waals surface area contributed by atoms with Crippen molar-refractivity contribution in [3.63, 3.8) is 0 Å². The number of carbonyl (C=O) groups excluding carboxylic acids is 4. The Morgan fingerprint density at radius 3 is 2.47 bits per heavy atom. The molecule has 2 aromatic rings. The Hall–Kier alpha value is -4.58. The van der Waals surface area contributed by atoms with Crippen molar-refractivity contribution in [3.05, 3.63) is 36.0 Å². The van der Waals surface area contributed by atoms with E-state index in [1.165, 1.54) is 12.0 Å². The van der Waals surface area contributed by atoms with Gasteiger partial charge in [-0.2, -0.15) is 0 Å². The van der Waals surface area contributed by atoms with Crippen molar-refractivity contribution in [2.75, 3.05) is 34.0 Å². The maximum absolute atomic E-state index is 15.1. The molecule has 3 heterocycles. The fraction of sp³-hybridized carbons (Fsp3) is 0.667. The second kappa shape index (κ2) is 17.4. The van der Waals surface area contributed by atoms with E-state index in [2.05, 4.69) is 15.4 Å². The molecule has 3 fully saturated rings. The Kier molecular flexibility index (Phi) is 13.1. The van der Waals surface area contributed by atoms with Crippen LogP contribution in [0.5, 0.6) is 11.6 Å². The molecule has 2 aliphatic carbocycles. The lowest BCUT2D eigenvalue weighted by Crippen LogP contribution is -2.60. The average Bonchev–Trinajstić information content (AvgIpc) is 4.08. The van der Waals surface area contributed by atoms with Gasteiger partial charge in [0.05, 0.1) is 31.3 Å². The first kappa shape index (κ1) is 45.0. The summed E-state index contributed by atoms with van der Waals surface area (Å²) in [6.07, 6.45) is 3.95. The van der Waals surface area contributed by atoms with Gasteiger partial charge in [-0.25, -0.2) is 27.6 Å². The molecule has 2 saturated carbocycles. The van der Waals surface area contributed by atoms with Crippen molar-refractivity contribution in [1.82, 2.24) is 30.2 Å². The molecule has 60 heavy (non-hydrogen) atoms. The summed E-state index contributed by atoms with van der Waals surface area (Å²) in [6.45, 7) is 9.86. The van der Waals surface area contributed by atoms with E-state index in [0.29, 0.717) is 41.7 Å². The van der Waals surface area contributed by atoms with Crippen molar-refractivity contribution >= 4 is 44.9 Å². The van der Waals surface area contributed by atoms with Crippen molar-refractivity contribution in [2.24, 2.45) is 17.8 Å². The van der Waals surface area contributed by atoms with Crippen molar-refractivity contribution < 1.29 is 50.9 Å². The molecule has 2 aliphatic heterocycles. The van der Waals surface area contributed by atoms with E-state index in [0.717, 1.165) is 0 Å². The normalized spacial score (nSPS) is 28.7. The lowest BCUT2D eigenvalue weighted by atomic mass is 9.87. The largest absolute Gasteiger partial charge is 0.497 e. The second-order valence-electron chi connectivity index (χ2n) is 18.1. The third-order valence-corrected chi connectivity index (χ3v) is 14.0. The first-order chi connectivity index (χ1) is 28.2. The summed E-state index contributed by atoms with van der Waals surface area (Å²) >= 11 is 0. The van der Waals surface area contributed by atoms with Crippen LogP contribution in [-0.2, 0) is 33.9 Å². The fourth-order valence-corrected chi connectivity index (χ4v) is 9.58. The number of benzene rings is 1. The fourth-order valence-electron chi connectivity index (χ4n) is 8.16. The number of sulfonamides is 1. The van der Waals surface area contributed by atoms with Crippen LogP contribution >= 0.6 is 0 Å². The van der Waals surface area contributed by atoms with Crippen LogP contribution in [0.2, 0.25) is 0 Å². The number of nitrogens with zero attached hydrogens (tertiary/aromatic N) is 3. The van der Waals surface area contributed by atoms with Crippen LogP contribution in [0.1, 0.15) is 98.1 Å². The lowest BCUT2D eigenvalue weighted by Gasteiger charge is -2.34. The molecular formula is C42H59FN6O10S. The summed E-state index contributed by atoms with van der Waals surface area (Å²) in [4.78, 5) is 68.2. The number of allylic oxidation sites excluding steroid dienone is 1. The molecule has 1 saturated heterocycles. The number of alkyl halides is 1. The number of amides is 4. The minimum absolute atomic E-state index is 0.0354. The molecule has 6 rings (SSSR count). The number of alkyl carbamates (subject to hydrolysis) is 1.